The summed E-state index contributed by atoms with van der Waals surface area (Å²) in [4.78, 5) is 15.3. The maximum absolute atomic E-state index is 12.4. The lowest BCUT2D eigenvalue weighted by Crippen LogP contribution is -2.47. The normalized spacial score (nSPS) is 19.9. The number of hydrogen-bond acceptors (Lipinski definition) is 4. The highest BCUT2D eigenvalue weighted by atomic mass is 32.1. The number of amides is 1. The molecule has 2 rings (SSSR count). The lowest BCUT2D eigenvalue weighted by atomic mass is 10.0. The van der Waals surface area contributed by atoms with E-state index in [0.717, 1.165) is 42.5 Å². The zero-order valence-electron chi connectivity index (χ0n) is 10.8. The van der Waals surface area contributed by atoms with Crippen LogP contribution in [0.25, 0.3) is 0 Å². The van der Waals surface area contributed by atoms with E-state index in [1.54, 1.807) is 0 Å². The number of alkyl halides is 3. The summed E-state index contributed by atoms with van der Waals surface area (Å²) in [6, 6.07) is -0.175. The van der Waals surface area contributed by atoms with Crippen LogP contribution in [0, 0.1) is 0 Å². The smallest absolute Gasteiger partial charge is 0.354 e. The fourth-order valence-corrected chi connectivity index (χ4v) is 2.85. The van der Waals surface area contributed by atoms with Gasteiger partial charge in [0, 0.05) is 18.3 Å². The summed E-state index contributed by atoms with van der Waals surface area (Å²) >= 11 is 0.966. The van der Waals surface area contributed by atoms with Crippen LogP contribution < -0.4 is 10.6 Å². The molecule has 8 heteroatoms. The van der Waals surface area contributed by atoms with Gasteiger partial charge < -0.3 is 10.6 Å². The highest BCUT2D eigenvalue weighted by Gasteiger charge is 2.33. The fraction of sp³-hybridized carbons (Fsp3) is 0.667. The number of carbonyl (C=O) groups is 1. The number of halogens is 3. The molecule has 1 aromatic rings. The summed E-state index contributed by atoms with van der Waals surface area (Å²) < 4.78 is 37.1. The maximum Gasteiger partial charge on any atom is 0.434 e. The van der Waals surface area contributed by atoms with Gasteiger partial charge >= 0.3 is 6.18 Å². The molecule has 0 radical (unpaired) electrons. The Kier molecular flexibility index (Phi) is 4.98. The van der Waals surface area contributed by atoms with Gasteiger partial charge in [-0.2, -0.15) is 13.2 Å². The van der Waals surface area contributed by atoms with E-state index in [-0.39, 0.29) is 11.9 Å². The van der Waals surface area contributed by atoms with Crippen LogP contribution in [0.4, 0.5) is 13.2 Å². The molecule has 0 aromatic carbocycles. The Hall–Kier alpha value is -1.15. The van der Waals surface area contributed by atoms with Crippen molar-refractivity contribution in [3.63, 3.8) is 0 Å². The molecule has 2 heterocycles. The first-order chi connectivity index (χ1) is 9.47. The van der Waals surface area contributed by atoms with E-state index in [1.807, 2.05) is 0 Å². The lowest BCUT2D eigenvalue weighted by Gasteiger charge is -2.22. The van der Waals surface area contributed by atoms with Crippen molar-refractivity contribution < 1.29 is 18.0 Å². The monoisotopic (exact) mass is 307 g/mol. The van der Waals surface area contributed by atoms with Crippen molar-refractivity contribution in [3.8, 4) is 0 Å². The average Bonchev–Trinajstić information content (AvgIpc) is 2.88. The van der Waals surface area contributed by atoms with Gasteiger partial charge in [0.05, 0.1) is 11.0 Å². The molecular weight excluding hydrogens is 291 g/mol. The number of hydrogen-bond donors (Lipinski definition) is 2. The summed E-state index contributed by atoms with van der Waals surface area (Å²) in [5, 5.41) is 7.23. The molecule has 1 unspecified atom stereocenters. The van der Waals surface area contributed by atoms with Crippen LogP contribution in [-0.4, -0.2) is 30.0 Å². The third-order valence-corrected chi connectivity index (χ3v) is 4.02. The third kappa shape index (κ3) is 4.17. The quantitative estimate of drug-likeness (QED) is 0.894. The summed E-state index contributed by atoms with van der Waals surface area (Å²) in [6.07, 6.45) is -1.18. The summed E-state index contributed by atoms with van der Waals surface area (Å²) in [5.74, 6) is -0.0858. The summed E-state index contributed by atoms with van der Waals surface area (Å²) in [7, 11) is 0. The van der Waals surface area contributed by atoms with Crippen LogP contribution in [-0.2, 0) is 17.4 Å². The maximum atomic E-state index is 12.4. The number of piperidine rings is 1. The Balaban J connectivity index is 1.75. The molecule has 1 aliphatic rings. The molecule has 0 spiro atoms. The van der Waals surface area contributed by atoms with Crippen molar-refractivity contribution in [1.82, 2.24) is 15.6 Å². The van der Waals surface area contributed by atoms with Crippen LogP contribution in [0.1, 0.15) is 30.0 Å². The number of rotatable bonds is 4. The minimum Gasteiger partial charge on any atom is -0.354 e. The molecule has 1 saturated heterocycles. The van der Waals surface area contributed by atoms with E-state index in [0.29, 0.717) is 18.0 Å². The van der Waals surface area contributed by atoms with E-state index in [2.05, 4.69) is 15.6 Å². The number of carbonyl (C=O) groups excluding carboxylic acids is 1. The predicted octanol–water partition coefficient (Wildman–Crippen LogP) is 1.96. The molecule has 2 N–H and O–H groups in total. The van der Waals surface area contributed by atoms with Crippen molar-refractivity contribution in [2.75, 3.05) is 13.1 Å². The Labute approximate surface area is 118 Å². The Morgan fingerprint density at radius 3 is 2.90 bits per heavy atom. The number of nitrogens with zero attached hydrogens (tertiary/aromatic N) is 1. The molecule has 1 atom stereocenters. The molecular formula is C12H16F3N3OS. The molecule has 1 amide bonds. The van der Waals surface area contributed by atoms with Gasteiger partial charge in [-0.25, -0.2) is 4.98 Å². The van der Waals surface area contributed by atoms with Gasteiger partial charge in [0.25, 0.3) is 0 Å². The largest absolute Gasteiger partial charge is 0.434 e. The second-order valence-corrected chi connectivity index (χ2v) is 5.61. The van der Waals surface area contributed by atoms with E-state index in [1.165, 1.54) is 0 Å². The van der Waals surface area contributed by atoms with Crippen molar-refractivity contribution in [3.05, 3.63) is 16.1 Å². The van der Waals surface area contributed by atoms with Crippen LogP contribution >= 0.6 is 11.3 Å². The first kappa shape index (κ1) is 15.2. The molecule has 0 bridgehead atoms. The molecule has 0 saturated carbocycles. The molecule has 1 fully saturated rings. The highest BCUT2D eigenvalue weighted by molar-refractivity contribution is 7.09. The van der Waals surface area contributed by atoms with Crippen molar-refractivity contribution in [2.24, 2.45) is 0 Å². The van der Waals surface area contributed by atoms with E-state index >= 15 is 0 Å². The van der Waals surface area contributed by atoms with Gasteiger partial charge in [-0.3, -0.25) is 4.79 Å². The van der Waals surface area contributed by atoms with Gasteiger partial charge in [0.2, 0.25) is 5.91 Å². The third-order valence-electron chi connectivity index (χ3n) is 3.11. The SMILES string of the molecule is O=C(NCCc1nc(C(F)(F)F)cs1)C1CCCCN1. The first-order valence-corrected chi connectivity index (χ1v) is 7.37. The molecule has 1 aromatic heterocycles. The van der Waals surface area contributed by atoms with Crippen molar-refractivity contribution >= 4 is 17.2 Å². The first-order valence-electron chi connectivity index (χ1n) is 6.49. The average molecular weight is 307 g/mol. The standard InChI is InChI=1S/C12H16F3N3OS/c13-12(14,15)9-7-20-10(18-9)4-6-17-11(19)8-3-1-2-5-16-8/h7-8,16H,1-6H2,(H,17,19). The molecule has 4 nitrogen and oxygen atoms in total. The zero-order valence-corrected chi connectivity index (χ0v) is 11.6. The second-order valence-electron chi connectivity index (χ2n) is 4.67. The Bertz CT molecular complexity index is 455. The van der Waals surface area contributed by atoms with Gasteiger partial charge in [0.1, 0.15) is 0 Å². The number of nitrogens with one attached hydrogen (secondary N) is 2. The van der Waals surface area contributed by atoms with Crippen LogP contribution in [0.15, 0.2) is 5.38 Å². The second kappa shape index (κ2) is 6.53. The molecule has 1 aliphatic heterocycles. The van der Waals surface area contributed by atoms with Gasteiger partial charge in [-0.15, -0.1) is 11.3 Å². The summed E-state index contributed by atoms with van der Waals surface area (Å²) in [5.41, 5.74) is -0.863. The predicted molar refractivity (Wildman–Crippen MR) is 69.5 cm³/mol. The van der Waals surface area contributed by atoms with Crippen LogP contribution in [0.3, 0.4) is 0 Å². The van der Waals surface area contributed by atoms with Crippen LogP contribution in [0.2, 0.25) is 0 Å². The zero-order chi connectivity index (χ0) is 14.6. The van der Waals surface area contributed by atoms with Gasteiger partial charge in [0.15, 0.2) is 5.69 Å². The molecule has 20 heavy (non-hydrogen) atoms. The van der Waals surface area contributed by atoms with Crippen molar-refractivity contribution in [2.45, 2.75) is 37.9 Å². The topological polar surface area (TPSA) is 54.0 Å². The van der Waals surface area contributed by atoms with Gasteiger partial charge in [-0.05, 0) is 19.4 Å². The van der Waals surface area contributed by atoms with Crippen LogP contribution in [0.5, 0.6) is 0 Å². The Morgan fingerprint density at radius 1 is 1.50 bits per heavy atom. The van der Waals surface area contributed by atoms with E-state index in [4.69, 9.17) is 0 Å². The minimum absolute atomic E-state index is 0.0858. The van der Waals surface area contributed by atoms with E-state index in [9.17, 15) is 18.0 Å². The fourth-order valence-electron chi connectivity index (χ4n) is 2.05. The Morgan fingerprint density at radius 2 is 2.30 bits per heavy atom. The van der Waals surface area contributed by atoms with Crippen molar-refractivity contribution in [1.29, 1.82) is 0 Å². The summed E-state index contributed by atoms with van der Waals surface area (Å²) in [6.45, 7) is 1.14. The molecule has 112 valence electrons. The minimum atomic E-state index is -4.40. The molecule has 0 aliphatic carbocycles. The highest BCUT2D eigenvalue weighted by Crippen LogP contribution is 2.29. The number of thiazole rings is 1. The number of aromatic nitrogens is 1. The van der Waals surface area contributed by atoms with Gasteiger partial charge in [-0.1, -0.05) is 6.42 Å². The van der Waals surface area contributed by atoms with E-state index < -0.39 is 11.9 Å². The lowest BCUT2D eigenvalue weighted by molar-refractivity contribution is -0.140.